The topological polar surface area (TPSA) is 12.5 Å². The Kier molecular flexibility index (Phi) is 4.74. The largest absolute Gasteiger partial charge is 0.485 e. The SMILES string of the molecule is C.CCC.c1ccc2c(c1)CC1(CN3CCC1CC3)O2. The molecule has 1 unspecified atom stereocenters. The van der Waals surface area contributed by atoms with E-state index in [-0.39, 0.29) is 13.0 Å². The quantitative estimate of drug-likeness (QED) is 0.705. The molecule has 1 aromatic carbocycles. The first-order chi connectivity index (χ1) is 9.27. The number of piperidine rings is 3. The van der Waals surface area contributed by atoms with E-state index < -0.39 is 0 Å². The lowest BCUT2D eigenvalue weighted by atomic mass is 9.73. The number of rotatable bonds is 0. The molecule has 3 saturated heterocycles. The van der Waals surface area contributed by atoms with E-state index in [1.807, 2.05) is 0 Å². The van der Waals surface area contributed by atoms with E-state index in [1.54, 1.807) is 0 Å². The van der Waals surface area contributed by atoms with E-state index in [0.29, 0.717) is 0 Å². The minimum Gasteiger partial charge on any atom is -0.485 e. The third-order valence-electron chi connectivity index (χ3n) is 4.60. The molecule has 0 aliphatic carbocycles. The van der Waals surface area contributed by atoms with Gasteiger partial charge in [-0.3, -0.25) is 4.90 Å². The van der Waals surface area contributed by atoms with Crippen molar-refractivity contribution in [3.05, 3.63) is 29.8 Å². The van der Waals surface area contributed by atoms with Crippen LogP contribution in [0.5, 0.6) is 5.75 Å². The van der Waals surface area contributed by atoms with Crippen molar-refractivity contribution in [2.45, 2.75) is 52.6 Å². The molecule has 0 N–H and O–H groups in total. The van der Waals surface area contributed by atoms with Gasteiger partial charge in [-0.1, -0.05) is 45.9 Å². The van der Waals surface area contributed by atoms with Crippen LogP contribution in [0.2, 0.25) is 0 Å². The van der Waals surface area contributed by atoms with Crippen LogP contribution in [0.4, 0.5) is 0 Å². The van der Waals surface area contributed by atoms with Crippen molar-refractivity contribution in [2.24, 2.45) is 5.92 Å². The summed E-state index contributed by atoms with van der Waals surface area (Å²) in [5, 5.41) is 0. The highest BCUT2D eigenvalue weighted by Gasteiger charge is 2.51. The van der Waals surface area contributed by atoms with Gasteiger partial charge in [0, 0.05) is 18.9 Å². The molecule has 0 amide bonds. The van der Waals surface area contributed by atoms with Crippen molar-refractivity contribution >= 4 is 0 Å². The van der Waals surface area contributed by atoms with Crippen molar-refractivity contribution in [2.75, 3.05) is 19.6 Å². The zero-order valence-corrected chi connectivity index (χ0v) is 12.2. The summed E-state index contributed by atoms with van der Waals surface area (Å²) in [6, 6.07) is 8.56. The highest BCUT2D eigenvalue weighted by Crippen LogP contribution is 2.46. The third kappa shape index (κ3) is 2.58. The second kappa shape index (κ2) is 6.17. The van der Waals surface area contributed by atoms with Crippen LogP contribution in [0.1, 0.15) is 46.1 Å². The van der Waals surface area contributed by atoms with Crippen LogP contribution < -0.4 is 4.74 Å². The summed E-state index contributed by atoms with van der Waals surface area (Å²) >= 11 is 0. The van der Waals surface area contributed by atoms with E-state index in [9.17, 15) is 0 Å². The Hall–Kier alpha value is -1.02. The van der Waals surface area contributed by atoms with Gasteiger partial charge in [0.2, 0.25) is 0 Å². The van der Waals surface area contributed by atoms with Gasteiger partial charge >= 0.3 is 0 Å². The van der Waals surface area contributed by atoms with Gasteiger partial charge in [0.05, 0.1) is 0 Å². The van der Waals surface area contributed by atoms with Gasteiger partial charge in [-0.05, 0) is 37.6 Å². The van der Waals surface area contributed by atoms with E-state index in [2.05, 4.69) is 43.0 Å². The molecule has 1 atom stereocenters. The Labute approximate surface area is 124 Å². The molecule has 4 heterocycles. The zero-order valence-electron chi connectivity index (χ0n) is 12.2. The molecule has 1 aromatic rings. The van der Waals surface area contributed by atoms with Gasteiger partial charge in [-0.25, -0.2) is 0 Å². The van der Waals surface area contributed by atoms with Crippen LogP contribution in [0, 0.1) is 5.92 Å². The van der Waals surface area contributed by atoms with Crippen LogP contribution in [-0.2, 0) is 6.42 Å². The molecular weight excluding hydrogens is 246 g/mol. The first-order valence-electron chi connectivity index (χ1n) is 7.76. The fourth-order valence-electron chi connectivity index (χ4n) is 3.77. The molecule has 0 aromatic heterocycles. The monoisotopic (exact) mass is 275 g/mol. The van der Waals surface area contributed by atoms with Crippen LogP contribution in [0.15, 0.2) is 24.3 Å². The molecule has 0 saturated carbocycles. The number of fused-ring (bicyclic) bond motifs is 3. The molecule has 4 aliphatic rings. The molecule has 1 spiro atoms. The molecule has 4 aliphatic heterocycles. The van der Waals surface area contributed by atoms with Crippen LogP contribution in [0.25, 0.3) is 0 Å². The lowest BCUT2D eigenvalue weighted by molar-refractivity contribution is -0.0798. The fraction of sp³-hybridized carbons (Fsp3) is 0.667. The maximum Gasteiger partial charge on any atom is 0.129 e. The Morgan fingerprint density at radius 3 is 2.40 bits per heavy atom. The lowest BCUT2D eigenvalue weighted by Gasteiger charge is -2.50. The highest BCUT2D eigenvalue weighted by molar-refractivity contribution is 5.40. The van der Waals surface area contributed by atoms with Crippen molar-refractivity contribution < 1.29 is 4.74 Å². The van der Waals surface area contributed by atoms with Crippen LogP contribution in [0.3, 0.4) is 0 Å². The molecule has 0 radical (unpaired) electrons. The van der Waals surface area contributed by atoms with Gasteiger partial charge in [0.15, 0.2) is 0 Å². The van der Waals surface area contributed by atoms with E-state index in [0.717, 1.165) is 24.6 Å². The Morgan fingerprint density at radius 1 is 1.20 bits per heavy atom. The summed E-state index contributed by atoms with van der Waals surface area (Å²) < 4.78 is 6.33. The molecular formula is C18H29NO. The fourth-order valence-corrected chi connectivity index (χ4v) is 3.77. The summed E-state index contributed by atoms with van der Waals surface area (Å²) in [5.41, 5.74) is 1.54. The number of para-hydroxylation sites is 1. The summed E-state index contributed by atoms with van der Waals surface area (Å²) in [7, 11) is 0. The maximum atomic E-state index is 6.33. The average Bonchev–Trinajstić information content (AvgIpc) is 2.78. The lowest BCUT2D eigenvalue weighted by Crippen LogP contribution is -2.61. The first-order valence-corrected chi connectivity index (χ1v) is 7.76. The van der Waals surface area contributed by atoms with E-state index in [1.165, 1.54) is 37.9 Å². The summed E-state index contributed by atoms with van der Waals surface area (Å²) in [4.78, 5) is 2.58. The van der Waals surface area contributed by atoms with Gasteiger partial charge in [0.1, 0.15) is 11.4 Å². The Morgan fingerprint density at radius 2 is 1.85 bits per heavy atom. The van der Waals surface area contributed by atoms with Crippen molar-refractivity contribution in [3.63, 3.8) is 0 Å². The van der Waals surface area contributed by atoms with Gasteiger partial charge in [0.25, 0.3) is 0 Å². The zero-order chi connectivity index (χ0) is 13.3. The van der Waals surface area contributed by atoms with E-state index in [4.69, 9.17) is 4.74 Å². The Balaban J connectivity index is 0.000000341. The predicted molar refractivity (Wildman–Crippen MR) is 85.4 cm³/mol. The molecule has 2 bridgehead atoms. The summed E-state index contributed by atoms with van der Waals surface area (Å²) in [6.45, 7) is 7.96. The van der Waals surface area contributed by atoms with Crippen molar-refractivity contribution in [1.29, 1.82) is 0 Å². The highest BCUT2D eigenvalue weighted by atomic mass is 16.5. The predicted octanol–water partition coefficient (Wildman–Crippen LogP) is 4.14. The minimum absolute atomic E-state index is 0. The number of benzene rings is 1. The van der Waals surface area contributed by atoms with E-state index >= 15 is 0 Å². The first kappa shape index (κ1) is 15.4. The number of ether oxygens (including phenoxy) is 1. The average molecular weight is 275 g/mol. The van der Waals surface area contributed by atoms with Gasteiger partial charge in [-0.2, -0.15) is 0 Å². The van der Waals surface area contributed by atoms with Crippen LogP contribution >= 0.6 is 0 Å². The van der Waals surface area contributed by atoms with Crippen molar-refractivity contribution in [1.82, 2.24) is 4.90 Å². The van der Waals surface area contributed by atoms with Gasteiger partial charge in [-0.15, -0.1) is 0 Å². The molecule has 20 heavy (non-hydrogen) atoms. The second-order valence-corrected chi connectivity index (χ2v) is 6.21. The smallest absolute Gasteiger partial charge is 0.129 e. The van der Waals surface area contributed by atoms with Crippen molar-refractivity contribution in [3.8, 4) is 5.75 Å². The molecule has 112 valence electrons. The normalized spacial score (nSPS) is 32.7. The third-order valence-corrected chi connectivity index (χ3v) is 4.60. The molecule has 2 nitrogen and oxygen atoms in total. The maximum absolute atomic E-state index is 6.33. The number of nitrogens with zero attached hydrogens (tertiary/aromatic N) is 1. The van der Waals surface area contributed by atoms with Gasteiger partial charge < -0.3 is 4.74 Å². The minimum atomic E-state index is 0. The Bertz CT molecular complexity index is 410. The second-order valence-electron chi connectivity index (χ2n) is 6.21. The molecule has 2 heteroatoms. The molecule has 5 rings (SSSR count). The molecule has 3 fully saturated rings. The number of hydrogen-bond acceptors (Lipinski definition) is 2. The van der Waals surface area contributed by atoms with Crippen LogP contribution in [-0.4, -0.2) is 30.1 Å². The summed E-state index contributed by atoms with van der Waals surface area (Å²) in [5.74, 6) is 1.92. The summed E-state index contributed by atoms with van der Waals surface area (Å²) in [6.07, 6.45) is 5.03. The standard InChI is InChI=1S/C14H17NO.C3H8.CH4/c1-2-4-13-11(3-1)9-14(16-13)10-15-7-5-12(14)6-8-15;1-3-2;/h1-4,12H,5-10H2;3H2,1-2H3;1H4. The number of hydrogen-bond donors (Lipinski definition) is 0.